The van der Waals surface area contributed by atoms with Crippen molar-refractivity contribution in [3.8, 4) is 0 Å². The van der Waals surface area contributed by atoms with E-state index in [-0.39, 0.29) is 11.2 Å². The molecular weight excluding hydrogens is 241 g/mol. The maximum absolute atomic E-state index is 13.9. The van der Waals surface area contributed by atoms with Gasteiger partial charge in [0.1, 0.15) is 5.82 Å². The van der Waals surface area contributed by atoms with Crippen LogP contribution in [0.3, 0.4) is 0 Å². The van der Waals surface area contributed by atoms with Crippen LogP contribution in [0.4, 0.5) is 4.39 Å². The van der Waals surface area contributed by atoms with Gasteiger partial charge < -0.3 is 10.1 Å². The van der Waals surface area contributed by atoms with Crippen molar-refractivity contribution in [1.29, 1.82) is 0 Å². The highest BCUT2D eigenvalue weighted by Crippen LogP contribution is 2.35. The van der Waals surface area contributed by atoms with Gasteiger partial charge in [-0.2, -0.15) is 0 Å². The first-order valence-electron chi connectivity index (χ1n) is 5.96. The van der Waals surface area contributed by atoms with Crippen LogP contribution >= 0.6 is 11.6 Å². The van der Waals surface area contributed by atoms with Gasteiger partial charge in [-0.25, -0.2) is 4.39 Å². The number of halogens is 2. The van der Waals surface area contributed by atoms with Gasteiger partial charge in [-0.15, -0.1) is 0 Å². The standard InChI is InChI=1S/C13H15ClFNO/c14-9-1-4-12(15)11(5-9)13(7-17-8-13)6-16-10-2-3-10/h1,4-5,10,16H,2-3,6-8H2. The minimum Gasteiger partial charge on any atom is -0.379 e. The van der Waals surface area contributed by atoms with Gasteiger partial charge in [0.2, 0.25) is 0 Å². The van der Waals surface area contributed by atoms with Gasteiger partial charge in [0, 0.05) is 23.2 Å². The van der Waals surface area contributed by atoms with Crippen molar-refractivity contribution in [3.05, 3.63) is 34.6 Å². The van der Waals surface area contributed by atoms with Gasteiger partial charge in [0.25, 0.3) is 0 Å². The van der Waals surface area contributed by atoms with E-state index < -0.39 is 0 Å². The molecule has 0 bridgehead atoms. The Morgan fingerprint density at radius 1 is 1.41 bits per heavy atom. The van der Waals surface area contributed by atoms with Crippen molar-refractivity contribution in [2.24, 2.45) is 0 Å². The number of nitrogens with one attached hydrogen (secondary N) is 1. The zero-order valence-corrected chi connectivity index (χ0v) is 10.3. The van der Waals surface area contributed by atoms with Crippen LogP contribution in [-0.4, -0.2) is 25.8 Å². The third-order valence-corrected chi connectivity index (χ3v) is 3.80. The van der Waals surface area contributed by atoms with Crippen LogP contribution in [0, 0.1) is 5.82 Å². The Morgan fingerprint density at radius 3 is 2.76 bits per heavy atom. The van der Waals surface area contributed by atoms with Gasteiger partial charge in [-0.05, 0) is 31.0 Å². The molecule has 1 saturated heterocycles. The predicted molar refractivity (Wildman–Crippen MR) is 64.9 cm³/mol. The minimum absolute atomic E-state index is 0.185. The summed E-state index contributed by atoms with van der Waals surface area (Å²) in [5.74, 6) is -0.185. The van der Waals surface area contributed by atoms with Gasteiger partial charge in [-0.3, -0.25) is 0 Å². The number of ether oxygens (including phenoxy) is 1. The van der Waals surface area contributed by atoms with E-state index in [4.69, 9.17) is 16.3 Å². The molecule has 92 valence electrons. The third-order valence-electron chi connectivity index (χ3n) is 3.56. The second-order valence-electron chi connectivity index (χ2n) is 5.05. The van der Waals surface area contributed by atoms with E-state index in [0.29, 0.717) is 29.8 Å². The molecule has 0 unspecified atom stereocenters. The molecule has 1 aromatic carbocycles. The van der Waals surface area contributed by atoms with Gasteiger partial charge in [0.05, 0.1) is 18.6 Å². The Labute approximate surface area is 105 Å². The van der Waals surface area contributed by atoms with Crippen molar-refractivity contribution in [3.63, 3.8) is 0 Å². The highest BCUT2D eigenvalue weighted by molar-refractivity contribution is 6.30. The number of rotatable bonds is 4. The molecule has 1 heterocycles. The summed E-state index contributed by atoms with van der Waals surface area (Å²) >= 11 is 5.95. The zero-order valence-electron chi connectivity index (χ0n) is 9.51. The lowest BCUT2D eigenvalue weighted by Gasteiger charge is -2.42. The van der Waals surface area contributed by atoms with Crippen molar-refractivity contribution >= 4 is 11.6 Å². The van der Waals surface area contributed by atoms with Crippen LogP contribution in [0.1, 0.15) is 18.4 Å². The summed E-state index contributed by atoms with van der Waals surface area (Å²) in [6.45, 7) is 1.92. The van der Waals surface area contributed by atoms with E-state index in [9.17, 15) is 4.39 Å². The van der Waals surface area contributed by atoms with Crippen molar-refractivity contribution in [2.45, 2.75) is 24.3 Å². The Morgan fingerprint density at radius 2 is 2.18 bits per heavy atom. The molecule has 1 N–H and O–H groups in total. The number of benzene rings is 1. The minimum atomic E-state index is -0.225. The molecule has 0 radical (unpaired) electrons. The average molecular weight is 256 g/mol. The lowest BCUT2D eigenvalue weighted by atomic mass is 9.78. The molecule has 0 atom stereocenters. The summed E-state index contributed by atoms with van der Waals surface area (Å²) in [5, 5.41) is 4.04. The molecule has 3 rings (SSSR count). The van der Waals surface area contributed by atoms with Gasteiger partial charge in [-0.1, -0.05) is 11.6 Å². The molecule has 1 aliphatic carbocycles. The molecule has 1 aromatic rings. The Hall–Kier alpha value is -0.640. The molecule has 0 spiro atoms. The Kier molecular flexibility index (Phi) is 2.85. The maximum atomic E-state index is 13.9. The summed E-state index contributed by atoms with van der Waals surface area (Å²) in [6.07, 6.45) is 2.46. The molecule has 17 heavy (non-hydrogen) atoms. The second-order valence-corrected chi connectivity index (χ2v) is 5.49. The summed E-state index contributed by atoms with van der Waals surface area (Å²) in [6, 6.07) is 5.37. The molecule has 0 amide bonds. The van der Waals surface area contributed by atoms with Crippen LogP contribution in [0.25, 0.3) is 0 Å². The second kappa shape index (κ2) is 4.23. The van der Waals surface area contributed by atoms with Crippen LogP contribution in [0.2, 0.25) is 5.02 Å². The summed E-state index contributed by atoms with van der Waals surface area (Å²) in [7, 11) is 0. The molecule has 2 fully saturated rings. The highest BCUT2D eigenvalue weighted by Gasteiger charge is 2.43. The molecule has 1 saturated carbocycles. The van der Waals surface area contributed by atoms with Crippen LogP contribution in [-0.2, 0) is 10.2 Å². The fraction of sp³-hybridized carbons (Fsp3) is 0.538. The molecule has 2 nitrogen and oxygen atoms in total. The largest absolute Gasteiger partial charge is 0.379 e. The predicted octanol–water partition coefficient (Wildman–Crippen LogP) is 2.50. The van der Waals surface area contributed by atoms with E-state index in [1.807, 2.05) is 0 Å². The van der Waals surface area contributed by atoms with Crippen LogP contribution in [0.5, 0.6) is 0 Å². The first kappa shape index (κ1) is 11.5. The topological polar surface area (TPSA) is 21.3 Å². The first-order valence-corrected chi connectivity index (χ1v) is 6.34. The monoisotopic (exact) mass is 255 g/mol. The van der Waals surface area contributed by atoms with Crippen molar-refractivity contribution in [1.82, 2.24) is 5.32 Å². The Balaban J connectivity index is 1.84. The van der Waals surface area contributed by atoms with E-state index in [1.54, 1.807) is 12.1 Å². The first-order chi connectivity index (χ1) is 8.20. The molecule has 0 aromatic heterocycles. The van der Waals surface area contributed by atoms with E-state index in [2.05, 4.69) is 5.32 Å². The third kappa shape index (κ3) is 2.19. The lowest BCUT2D eigenvalue weighted by molar-refractivity contribution is -0.0607. The normalized spacial score (nSPS) is 22.2. The van der Waals surface area contributed by atoms with E-state index >= 15 is 0 Å². The summed E-state index contributed by atoms with van der Waals surface area (Å²) in [5.41, 5.74) is 0.460. The van der Waals surface area contributed by atoms with Crippen molar-refractivity contribution < 1.29 is 9.13 Å². The highest BCUT2D eigenvalue weighted by atomic mass is 35.5. The average Bonchev–Trinajstić information content (AvgIpc) is 3.05. The van der Waals surface area contributed by atoms with E-state index in [0.717, 1.165) is 6.54 Å². The summed E-state index contributed by atoms with van der Waals surface area (Å²) in [4.78, 5) is 0. The number of hydrogen-bond acceptors (Lipinski definition) is 2. The maximum Gasteiger partial charge on any atom is 0.127 e. The number of hydrogen-bond donors (Lipinski definition) is 1. The summed E-state index contributed by atoms with van der Waals surface area (Å²) < 4.78 is 19.2. The fourth-order valence-corrected chi connectivity index (χ4v) is 2.40. The van der Waals surface area contributed by atoms with Crippen LogP contribution < -0.4 is 5.32 Å². The quantitative estimate of drug-likeness (QED) is 0.893. The lowest BCUT2D eigenvalue weighted by Crippen LogP contribution is -2.54. The Bertz CT molecular complexity index is 429. The fourth-order valence-electron chi connectivity index (χ4n) is 2.23. The van der Waals surface area contributed by atoms with Crippen molar-refractivity contribution in [2.75, 3.05) is 19.8 Å². The molecule has 1 aliphatic heterocycles. The SMILES string of the molecule is Fc1ccc(Cl)cc1C1(CNC2CC2)COC1. The smallest absolute Gasteiger partial charge is 0.127 e. The van der Waals surface area contributed by atoms with Crippen LogP contribution in [0.15, 0.2) is 18.2 Å². The molecule has 4 heteroatoms. The molecule has 2 aliphatic rings. The molecular formula is C13H15ClFNO. The zero-order chi connectivity index (χ0) is 11.9. The van der Waals surface area contributed by atoms with Gasteiger partial charge >= 0.3 is 0 Å². The van der Waals surface area contributed by atoms with Gasteiger partial charge in [0.15, 0.2) is 0 Å². The van der Waals surface area contributed by atoms with E-state index in [1.165, 1.54) is 18.9 Å².